The molecule has 4 aromatic rings. The van der Waals surface area contributed by atoms with Gasteiger partial charge in [0.05, 0.1) is 30.8 Å². The molecule has 7 nitrogen and oxygen atoms in total. The number of pyridine rings is 2. The van der Waals surface area contributed by atoms with Gasteiger partial charge in [0.1, 0.15) is 19.0 Å². The van der Waals surface area contributed by atoms with Crippen LogP contribution in [0.3, 0.4) is 0 Å². The molecule has 0 amide bonds. The van der Waals surface area contributed by atoms with E-state index in [-0.39, 0.29) is 6.42 Å². The van der Waals surface area contributed by atoms with Crippen LogP contribution in [0.15, 0.2) is 54.2 Å². The molecular weight excluding hydrogens is 488 g/mol. The highest BCUT2D eigenvalue weighted by Crippen LogP contribution is 2.36. The molecule has 8 heteroatoms. The van der Waals surface area contributed by atoms with E-state index in [4.69, 9.17) is 19.3 Å². The summed E-state index contributed by atoms with van der Waals surface area (Å²) in [5.74, 6) is 5.62. The topological polar surface area (TPSA) is 90.8 Å². The number of carbonyl (C=O) groups is 1. The SMILES string of the molecule is CC#CC(CC(=O)O)c1ccc(OCc2ccc3scc(-c4ncc(OCCOC)cc4C)c3c2)nc1. The molecule has 0 bridgehead atoms. The smallest absolute Gasteiger partial charge is 0.304 e. The zero-order chi connectivity index (χ0) is 26.2. The van der Waals surface area contributed by atoms with Crippen LogP contribution in [0.25, 0.3) is 21.3 Å². The number of ether oxygens (including phenoxy) is 3. The van der Waals surface area contributed by atoms with Crippen LogP contribution < -0.4 is 9.47 Å². The highest BCUT2D eigenvalue weighted by molar-refractivity contribution is 7.17. The number of methoxy groups -OCH3 is 1. The molecule has 0 aliphatic carbocycles. The van der Waals surface area contributed by atoms with Crippen molar-refractivity contribution in [2.45, 2.75) is 32.8 Å². The van der Waals surface area contributed by atoms with Gasteiger partial charge < -0.3 is 19.3 Å². The fourth-order valence-electron chi connectivity index (χ4n) is 3.94. The number of carboxylic acid groups (broad SMARTS) is 1. The van der Waals surface area contributed by atoms with Crippen LogP contribution in [0.1, 0.15) is 36.0 Å². The Morgan fingerprint density at radius 3 is 2.68 bits per heavy atom. The number of fused-ring (bicyclic) bond motifs is 1. The van der Waals surface area contributed by atoms with Crippen molar-refractivity contribution in [3.05, 3.63) is 70.9 Å². The van der Waals surface area contributed by atoms with Gasteiger partial charge in [0.15, 0.2) is 0 Å². The quantitative estimate of drug-likeness (QED) is 0.197. The summed E-state index contributed by atoms with van der Waals surface area (Å²) in [6.45, 7) is 5.09. The Labute approximate surface area is 220 Å². The Hall–Kier alpha value is -3.93. The van der Waals surface area contributed by atoms with Crippen LogP contribution >= 0.6 is 11.3 Å². The molecule has 0 saturated heterocycles. The summed E-state index contributed by atoms with van der Waals surface area (Å²) >= 11 is 1.68. The van der Waals surface area contributed by atoms with E-state index >= 15 is 0 Å². The largest absolute Gasteiger partial charge is 0.490 e. The number of hydrogen-bond donors (Lipinski definition) is 1. The number of rotatable bonds is 11. The molecule has 0 spiro atoms. The van der Waals surface area contributed by atoms with Crippen LogP contribution in [0.5, 0.6) is 11.6 Å². The van der Waals surface area contributed by atoms with Crippen LogP contribution in [0.2, 0.25) is 0 Å². The number of nitrogens with zero attached hydrogens (tertiary/aromatic N) is 2. The van der Waals surface area contributed by atoms with E-state index in [1.165, 1.54) is 4.70 Å². The third-order valence-corrected chi connectivity index (χ3v) is 6.71. The van der Waals surface area contributed by atoms with Crippen molar-refractivity contribution in [2.24, 2.45) is 0 Å². The van der Waals surface area contributed by atoms with Crippen LogP contribution in [-0.2, 0) is 16.1 Å². The highest BCUT2D eigenvalue weighted by Gasteiger charge is 2.15. The summed E-state index contributed by atoms with van der Waals surface area (Å²) < 4.78 is 17.8. The predicted molar refractivity (Wildman–Crippen MR) is 144 cm³/mol. The summed E-state index contributed by atoms with van der Waals surface area (Å²) in [7, 11) is 1.65. The van der Waals surface area contributed by atoms with Gasteiger partial charge in [-0.05, 0) is 48.7 Å². The lowest BCUT2D eigenvalue weighted by Gasteiger charge is -2.11. The molecule has 0 radical (unpaired) electrons. The molecule has 3 aromatic heterocycles. The number of benzene rings is 1. The highest BCUT2D eigenvalue weighted by atomic mass is 32.1. The lowest BCUT2D eigenvalue weighted by molar-refractivity contribution is -0.137. The second kappa shape index (κ2) is 12.3. The molecule has 37 heavy (non-hydrogen) atoms. The fourth-order valence-corrected chi connectivity index (χ4v) is 4.87. The Morgan fingerprint density at radius 1 is 1.11 bits per heavy atom. The summed E-state index contributed by atoms with van der Waals surface area (Å²) in [5, 5.41) is 12.4. The van der Waals surface area contributed by atoms with E-state index in [0.717, 1.165) is 39.1 Å². The van der Waals surface area contributed by atoms with Crippen molar-refractivity contribution in [1.29, 1.82) is 0 Å². The first-order chi connectivity index (χ1) is 18.0. The fraction of sp³-hybridized carbons (Fsp3) is 0.276. The molecule has 0 aliphatic heterocycles. The third kappa shape index (κ3) is 6.64. The van der Waals surface area contributed by atoms with E-state index in [9.17, 15) is 4.79 Å². The van der Waals surface area contributed by atoms with Crippen molar-refractivity contribution in [1.82, 2.24) is 9.97 Å². The number of aryl methyl sites for hydroxylation is 1. The Balaban J connectivity index is 1.48. The van der Waals surface area contributed by atoms with Gasteiger partial charge in [0.25, 0.3) is 0 Å². The predicted octanol–water partition coefficient (Wildman–Crippen LogP) is 5.85. The first-order valence-electron chi connectivity index (χ1n) is 11.8. The average Bonchev–Trinajstić information content (AvgIpc) is 3.30. The van der Waals surface area contributed by atoms with Crippen molar-refractivity contribution < 1.29 is 24.1 Å². The van der Waals surface area contributed by atoms with Gasteiger partial charge in [-0.2, -0.15) is 0 Å². The summed E-state index contributed by atoms with van der Waals surface area (Å²) in [6.07, 6.45) is 3.31. The molecule has 0 aliphatic rings. The summed E-state index contributed by atoms with van der Waals surface area (Å²) in [5.41, 5.74) is 4.80. The number of aromatic nitrogens is 2. The second-order valence-corrected chi connectivity index (χ2v) is 9.33. The van der Waals surface area contributed by atoms with Crippen LogP contribution in [0, 0.1) is 18.8 Å². The molecule has 0 saturated carbocycles. The standard InChI is InChI=1S/C29H28N2O5S/c1-4-5-21(14-28(32)33)22-7-9-27(30-15-22)36-17-20-6-8-26-24(13-20)25(18-37-26)29-19(2)12-23(16-31-29)35-11-10-34-3/h6-9,12-13,15-16,18,21H,10-11,14,17H2,1-3H3,(H,32,33). The van der Waals surface area contributed by atoms with Gasteiger partial charge in [-0.15, -0.1) is 17.3 Å². The third-order valence-electron chi connectivity index (χ3n) is 5.75. The van der Waals surface area contributed by atoms with Gasteiger partial charge in [0, 0.05) is 40.4 Å². The van der Waals surface area contributed by atoms with Gasteiger partial charge in [-0.25, -0.2) is 4.98 Å². The molecule has 1 atom stereocenters. The van der Waals surface area contributed by atoms with Gasteiger partial charge in [-0.1, -0.05) is 18.1 Å². The van der Waals surface area contributed by atoms with Gasteiger partial charge in [0.2, 0.25) is 5.88 Å². The number of hydrogen-bond acceptors (Lipinski definition) is 7. The zero-order valence-electron chi connectivity index (χ0n) is 21.0. The van der Waals surface area contributed by atoms with E-state index in [1.807, 2.05) is 25.1 Å². The first-order valence-corrected chi connectivity index (χ1v) is 12.7. The van der Waals surface area contributed by atoms with Gasteiger partial charge >= 0.3 is 5.97 Å². The minimum Gasteiger partial charge on any atom is -0.490 e. The Kier molecular flexibility index (Phi) is 8.72. The molecule has 0 fully saturated rings. The molecular formula is C29H28N2O5S. The minimum atomic E-state index is -0.895. The van der Waals surface area contributed by atoms with E-state index in [0.29, 0.717) is 25.7 Å². The molecule has 4 rings (SSSR count). The molecule has 3 heterocycles. The maximum absolute atomic E-state index is 11.1. The monoisotopic (exact) mass is 516 g/mol. The molecule has 1 N–H and O–H groups in total. The summed E-state index contributed by atoms with van der Waals surface area (Å²) in [4.78, 5) is 20.2. The summed E-state index contributed by atoms with van der Waals surface area (Å²) in [6, 6.07) is 11.8. The van der Waals surface area contributed by atoms with Crippen LogP contribution in [0.4, 0.5) is 0 Å². The van der Waals surface area contributed by atoms with Crippen molar-refractivity contribution in [2.75, 3.05) is 20.3 Å². The van der Waals surface area contributed by atoms with Crippen LogP contribution in [-0.4, -0.2) is 41.4 Å². The van der Waals surface area contributed by atoms with E-state index in [2.05, 4.69) is 39.3 Å². The van der Waals surface area contributed by atoms with Crippen molar-refractivity contribution in [3.8, 4) is 34.7 Å². The van der Waals surface area contributed by atoms with E-state index in [1.54, 1.807) is 43.8 Å². The number of thiophene rings is 1. The van der Waals surface area contributed by atoms with Gasteiger partial charge in [-0.3, -0.25) is 9.78 Å². The number of aliphatic carboxylic acids is 1. The van der Waals surface area contributed by atoms with Crippen molar-refractivity contribution >= 4 is 27.4 Å². The van der Waals surface area contributed by atoms with Crippen molar-refractivity contribution in [3.63, 3.8) is 0 Å². The molecule has 1 unspecified atom stereocenters. The average molecular weight is 517 g/mol. The lowest BCUT2D eigenvalue weighted by Crippen LogP contribution is -2.05. The zero-order valence-corrected chi connectivity index (χ0v) is 21.8. The normalized spacial score (nSPS) is 11.5. The Bertz CT molecular complexity index is 1440. The molecule has 190 valence electrons. The minimum absolute atomic E-state index is 0.0659. The number of carboxylic acids is 1. The second-order valence-electron chi connectivity index (χ2n) is 8.42. The first kappa shape index (κ1) is 26.1. The van der Waals surface area contributed by atoms with E-state index < -0.39 is 11.9 Å². The lowest BCUT2D eigenvalue weighted by atomic mass is 9.98. The maximum atomic E-state index is 11.1. The maximum Gasteiger partial charge on any atom is 0.304 e. The Morgan fingerprint density at radius 2 is 1.97 bits per heavy atom. The molecule has 1 aromatic carbocycles.